The molecule has 7 heteroatoms. The number of primary amides is 1. The number of carbonyl (C=O) groups excluding carboxylic acids is 2. The van der Waals surface area contributed by atoms with Crippen LogP contribution in [-0.2, 0) is 19.9 Å². The topological polar surface area (TPSA) is 81.4 Å². The normalized spacial score (nSPS) is 25.1. The second kappa shape index (κ2) is 4.52. The molecule has 3 N–H and O–H groups in total. The Hall–Kier alpha value is -2.02. The Kier molecular flexibility index (Phi) is 3.25. The summed E-state index contributed by atoms with van der Waals surface area (Å²) in [6, 6.07) is 2.89. The zero-order chi connectivity index (χ0) is 15.1. The summed E-state index contributed by atoms with van der Waals surface area (Å²) in [5.41, 5.74) is 2.46. The molecule has 1 aliphatic heterocycles. The molecule has 0 saturated carbocycles. The summed E-state index contributed by atoms with van der Waals surface area (Å²) in [6.45, 7) is 2.84. The van der Waals surface area contributed by atoms with E-state index in [4.69, 9.17) is 10.5 Å². The highest BCUT2D eigenvalue weighted by Gasteiger charge is 2.56. The minimum atomic E-state index is -1.77. The largest absolute Gasteiger partial charge is 0.367 e. The zero-order valence-corrected chi connectivity index (χ0v) is 11.0. The average Bonchev–Trinajstić information content (AvgIpc) is 2.35. The predicted molar refractivity (Wildman–Crippen MR) is 65.4 cm³/mol. The number of amides is 2. The molecule has 108 valence electrons. The molecule has 0 spiro atoms. The van der Waals surface area contributed by atoms with Crippen LogP contribution < -0.4 is 11.1 Å². The molecule has 0 aromatic heterocycles. The van der Waals surface area contributed by atoms with Gasteiger partial charge in [0.15, 0.2) is 17.2 Å². The van der Waals surface area contributed by atoms with E-state index in [1.54, 1.807) is 13.8 Å². The van der Waals surface area contributed by atoms with Gasteiger partial charge in [-0.1, -0.05) is 6.07 Å². The van der Waals surface area contributed by atoms with E-state index in [9.17, 15) is 18.4 Å². The van der Waals surface area contributed by atoms with Crippen molar-refractivity contribution in [3.63, 3.8) is 0 Å². The Balaban J connectivity index is 2.67. The predicted octanol–water partition coefficient (Wildman–Crippen LogP) is 0.570. The van der Waals surface area contributed by atoms with Gasteiger partial charge in [-0.2, -0.15) is 0 Å². The van der Waals surface area contributed by atoms with E-state index in [1.165, 1.54) is 6.07 Å². The number of nitrogens with two attached hydrogens (primary N) is 1. The summed E-state index contributed by atoms with van der Waals surface area (Å²) in [5.74, 6) is -3.68. The van der Waals surface area contributed by atoms with Crippen LogP contribution in [0.2, 0.25) is 0 Å². The monoisotopic (exact) mass is 284 g/mol. The third kappa shape index (κ3) is 1.94. The van der Waals surface area contributed by atoms with Crippen LogP contribution in [0.3, 0.4) is 0 Å². The van der Waals surface area contributed by atoms with Gasteiger partial charge in [0.05, 0.1) is 5.60 Å². The molecule has 1 aromatic rings. The minimum Gasteiger partial charge on any atom is -0.367 e. The molecule has 1 atom stereocenters. The van der Waals surface area contributed by atoms with Gasteiger partial charge in [0.25, 0.3) is 5.91 Å². The fourth-order valence-electron chi connectivity index (χ4n) is 2.40. The molecule has 1 saturated heterocycles. The average molecular weight is 284 g/mol. The van der Waals surface area contributed by atoms with Crippen LogP contribution in [0.1, 0.15) is 19.4 Å². The summed E-state index contributed by atoms with van der Waals surface area (Å²) in [4.78, 5) is 23.5. The summed E-state index contributed by atoms with van der Waals surface area (Å²) >= 11 is 0. The first-order valence-electron chi connectivity index (χ1n) is 5.91. The third-order valence-electron chi connectivity index (χ3n) is 3.52. The number of hydrogen-bond donors (Lipinski definition) is 2. The highest BCUT2D eigenvalue weighted by atomic mass is 19.2. The first kappa shape index (κ1) is 14.4. The smallest absolute Gasteiger partial charge is 0.250 e. The van der Waals surface area contributed by atoms with Crippen molar-refractivity contribution >= 4 is 11.8 Å². The number of nitrogens with one attached hydrogen (secondary N) is 1. The lowest BCUT2D eigenvalue weighted by Gasteiger charge is -2.47. The minimum absolute atomic E-state index is 0.0296. The fraction of sp³-hybridized carbons (Fsp3) is 0.385. The highest BCUT2D eigenvalue weighted by Crippen LogP contribution is 2.38. The van der Waals surface area contributed by atoms with Gasteiger partial charge in [-0.15, -0.1) is 0 Å². The molecule has 1 heterocycles. The van der Waals surface area contributed by atoms with Crippen molar-refractivity contribution in [1.29, 1.82) is 0 Å². The quantitative estimate of drug-likeness (QED) is 0.833. The van der Waals surface area contributed by atoms with Gasteiger partial charge in [-0.05, 0) is 31.5 Å². The van der Waals surface area contributed by atoms with Crippen molar-refractivity contribution in [2.45, 2.75) is 25.0 Å². The fourth-order valence-corrected chi connectivity index (χ4v) is 2.40. The molecule has 1 aliphatic rings. The van der Waals surface area contributed by atoms with Crippen molar-refractivity contribution < 1.29 is 23.1 Å². The van der Waals surface area contributed by atoms with E-state index >= 15 is 0 Å². The second-order valence-corrected chi connectivity index (χ2v) is 5.09. The van der Waals surface area contributed by atoms with Crippen LogP contribution >= 0.6 is 0 Å². The summed E-state index contributed by atoms with van der Waals surface area (Å²) < 4.78 is 31.8. The van der Waals surface area contributed by atoms with E-state index in [0.717, 1.165) is 12.1 Å². The van der Waals surface area contributed by atoms with Gasteiger partial charge in [-0.25, -0.2) is 8.78 Å². The van der Waals surface area contributed by atoms with E-state index in [-0.39, 0.29) is 12.2 Å². The Morgan fingerprint density at radius 3 is 2.55 bits per heavy atom. The lowest BCUT2D eigenvalue weighted by atomic mass is 9.74. The standard InChI is InChI=1S/C13H14F2N2O3/c1-12(2)13(11(16)19,17-10(18)6-20-12)7-3-4-8(14)9(15)5-7/h3-5H,6H2,1-2H3,(H2,16,19)(H,17,18). The maximum atomic E-state index is 13.4. The van der Waals surface area contributed by atoms with Crippen LogP contribution in [0.25, 0.3) is 0 Å². The summed E-state index contributed by atoms with van der Waals surface area (Å²) in [7, 11) is 0. The third-order valence-corrected chi connectivity index (χ3v) is 3.52. The molecule has 2 rings (SSSR count). The zero-order valence-electron chi connectivity index (χ0n) is 11.0. The maximum Gasteiger partial charge on any atom is 0.250 e. The van der Waals surface area contributed by atoms with Crippen molar-refractivity contribution in [2.75, 3.05) is 6.61 Å². The molecule has 20 heavy (non-hydrogen) atoms. The van der Waals surface area contributed by atoms with Crippen molar-refractivity contribution in [3.8, 4) is 0 Å². The van der Waals surface area contributed by atoms with Crippen LogP contribution in [0.15, 0.2) is 18.2 Å². The van der Waals surface area contributed by atoms with Gasteiger partial charge < -0.3 is 15.8 Å². The van der Waals surface area contributed by atoms with Gasteiger partial charge in [0.1, 0.15) is 6.61 Å². The first-order chi connectivity index (χ1) is 9.20. The highest BCUT2D eigenvalue weighted by molar-refractivity contribution is 5.94. The first-order valence-corrected chi connectivity index (χ1v) is 5.91. The molecule has 1 unspecified atom stereocenters. The maximum absolute atomic E-state index is 13.4. The van der Waals surface area contributed by atoms with Crippen molar-refractivity contribution in [1.82, 2.24) is 5.32 Å². The van der Waals surface area contributed by atoms with Gasteiger partial charge in [0, 0.05) is 0 Å². The number of ether oxygens (including phenoxy) is 1. The molecule has 5 nitrogen and oxygen atoms in total. The molecule has 0 aliphatic carbocycles. The molecule has 1 fully saturated rings. The Bertz CT molecular complexity index is 589. The number of benzene rings is 1. The molecular weight excluding hydrogens is 270 g/mol. The van der Waals surface area contributed by atoms with E-state index < -0.39 is 34.6 Å². The van der Waals surface area contributed by atoms with Crippen molar-refractivity contribution in [3.05, 3.63) is 35.4 Å². The number of halogens is 2. The number of morpholine rings is 1. The molecule has 0 bridgehead atoms. The molecular formula is C13H14F2N2O3. The van der Waals surface area contributed by atoms with Crippen LogP contribution in [0.4, 0.5) is 8.78 Å². The Labute approximate surface area is 114 Å². The summed E-state index contributed by atoms with van der Waals surface area (Å²) in [5, 5.41) is 2.45. The summed E-state index contributed by atoms with van der Waals surface area (Å²) in [6.07, 6.45) is 0. The van der Waals surface area contributed by atoms with Crippen LogP contribution in [0.5, 0.6) is 0 Å². The number of hydrogen-bond acceptors (Lipinski definition) is 3. The lowest BCUT2D eigenvalue weighted by molar-refractivity contribution is -0.169. The van der Waals surface area contributed by atoms with Crippen LogP contribution in [0, 0.1) is 11.6 Å². The number of rotatable bonds is 2. The molecule has 2 amide bonds. The van der Waals surface area contributed by atoms with Gasteiger partial charge >= 0.3 is 0 Å². The van der Waals surface area contributed by atoms with E-state index in [1.807, 2.05) is 0 Å². The Morgan fingerprint density at radius 2 is 2.00 bits per heavy atom. The number of carbonyl (C=O) groups is 2. The lowest BCUT2D eigenvalue weighted by Crippen LogP contribution is -2.70. The SMILES string of the molecule is CC1(C)OCC(=O)NC1(C(N)=O)c1ccc(F)c(F)c1. The molecule has 1 aromatic carbocycles. The van der Waals surface area contributed by atoms with E-state index in [0.29, 0.717) is 0 Å². The Morgan fingerprint density at radius 1 is 1.35 bits per heavy atom. The molecule has 0 radical (unpaired) electrons. The van der Waals surface area contributed by atoms with Gasteiger partial charge in [0.2, 0.25) is 5.91 Å². The van der Waals surface area contributed by atoms with Crippen LogP contribution in [-0.4, -0.2) is 24.0 Å². The van der Waals surface area contributed by atoms with Gasteiger partial charge in [-0.3, -0.25) is 9.59 Å². The second-order valence-electron chi connectivity index (χ2n) is 5.09. The van der Waals surface area contributed by atoms with Crippen molar-refractivity contribution in [2.24, 2.45) is 5.73 Å². The van der Waals surface area contributed by atoms with E-state index in [2.05, 4.69) is 5.32 Å².